The summed E-state index contributed by atoms with van der Waals surface area (Å²) < 4.78 is 10.8. The van der Waals surface area contributed by atoms with Gasteiger partial charge in [0.2, 0.25) is 0 Å². The zero-order chi connectivity index (χ0) is 18.2. The molecule has 0 bridgehead atoms. The summed E-state index contributed by atoms with van der Waals surface area (Å²) in [6, 6.07) is 25.2. The van der Waals surface area contributed by atoms with Crippen LogP contribution in [0, 0.1) is 0 Å². The number of ketones is 1. The zero-order valence-corrected chi connectivity index (χ0v) is 14.1. The van der Waals surface area contributed by atoms with Crippen LogP contribution in [-0.4, -0.2) is 18.4 Å². The van der Waals surface area contributed by atoms with Crippen molar-refractivity contribution in [3.8, 4) is 5.75 Å². The van der Waals surface area contributed by atoms with Crippen molar-refractivity contribution in [2.24, 2.45) is 0 Å². The van der Waals surface area contributed by atoms with Crippen molar-refractivity contribution in [1.82, 2.24) is 0 Å². The van der Waals surface area contributed by atoms with Crippen LogP contribution in [0.5, 0.6) is 5.75 Å². The molecule has 4 heteroatoms. The molecule has 0 amide bonds. The summed E-state index contributed by atoms with van der Waals surface area (Å²) in [7, 11) is 0. The van der Waals surface area contributed by atoms with Gasteiger partial charge in [-0.2, -0.15) is 0 Å². The number of hydrogen-bond acceptors (Lipinski definition) is 4. The fourth-order valence-electron chi connectivity index (χ4n) is 2.38. The lowest BCUT2D eigenvalue weighted by Gasteiger charge is -2.08. The van der Waals surface area contributed by atoms with Crippen molar-refractivity contribution in [3.05, 3.63) is 102 Å². The van der Waals surface area contributed by atoms with Crippen molar-refractivity contribution < 1.29 is 19.1 Å². The summed E-state index contributed by atoms with van der Waals surface area (Å²) >= 11 is 0. The molecule has 0 fully saturated rings. The van der Waals surface area contributed by atoms with Crippen molar-refractivity contribution in [1.29, 1.82) is 0 Å². The molecule has 0 saturated carbocycles. The minimum Gasteiger partial charge on any atom is -0.489 e. The number of Topliss-reactive ketones (excluding diaryl/α,β-unsaturated/α-hetero) is 1. The number of hydrogen-bond donors (Lipinski definition) is 0. The van der Waals surface area contributed by atoms with Crippen LogP contribution in [0.15, 0.2) is 84.9 Å². The number of carbonyl (C=O) groups is 2. The SMILES string of the molecule is O=C(COC(=O)c1cccc(OCc2ccccc2)c1)c1ccccc1. The van der Waals surface area contributed by atoms with Gasteiger partial charge in [0, 0.05) is 5.56 Å². The molecule has 0 spiro atoms. The largest absolute Gasteiger partial charge is 0.489 e. The Morgan fingerprint density at radius 1 is 0.731 bits per heavy atom. The maximum atomic E-state index is 12.2. The Bertz CT molecular complexity index is 873. The molecule has 130 valence electrons. The number of esters is 1. The van der Waals surface area contributed by atoms with E-state index in [0.717, 1.165) is 5.56 Å². The fraction of sp³-hybridized carbons (Fsp3) is 0.0909. The van der Waals surface area contributed by atoms with E-state index >= 15 is 0 Å². The monoisotopic (exact) mass is 346 g/mol. The van der Waals surface area contributed by atoms with Gasteiger partial charge in [-0.1, -0.05) is 66.7 Å². The van der Waals surface area contributed by atoms with Crippen LogP contribution in [-0.2, 0) is 11.3 Å². The number of rotatable bonds is 7. The van der Waals surface area contributed by atoms with E-state index in [1.165, 1.54) is 0 Å². The van der Waals surface area contributed by atoms with E-state index < -0.39 is 5.97 Å². The highest BCUT2D eigenvalue weighted by Gasteiger charge is 2.12. The van der Waals surface area contributed by atoms with Gasteiger partial charge in [-0.15, -0.1) is 0 Å². The van der Waals surface area contributed by atoms with E-state index in [4.69, 9.17) is 9.47 Å². The van der Waals surface area contributed by atoms with E-state index in [0.29, 0.717) is 23.5 Å². The second-order valence-electron chi connectivity index (χ2n) is 5.67. The first-order valence-electron chi connectivity index (χ1n) is 8.24. The molecule has 4 nitrogen and oxygen atoms in total. The van der Waals surface area contributed by atoms with Gasteiger partial charge < -0.3 is 9.47 Å². The van der Waals surface area contributed by atoms with Crippen LogP contribution in [0.4, 0.5) is 0 Å². The maximum Gasteiger partial charge on any atom is 0.338 e. The van der Waals surface area contributed by atoms with Gasteiger partial charge in [-0.05, 0) is 23.8 Å². The summed E-state index contributed by atoms with van der Waals surface area (Å²) in [4.78, 5) is 24.2. The third kappa shape index (κ3) is 4.80. The van der Waals surface area contributed by atoms with Crippen molar-refractivity contribution >= 4 is 11.8 Å². The van der Waals surface area contributed by atoms with Crippen LogP contribution < -0.4 is 4.74 Å². The average Bonchev–Trinajstić information content (AvgIpc) is 2.72. The highest BCUT2D eigenvalue weighted by atomic mass is 16.5. The summed E-state index contributed by atoms with van der Waals surface area (Å²) in [5.74, 6) is -0.229. The lowest BCUT2D eigenvalue weighted by Crippen LogP contribution is -2.14. The highest BCUT2D eigenvalue weighted by molar-refractivity contribution is 5.99. The maximum absolute atomic E-state index is 12.2. The second kappa shape index (κ2) is 8.62. The summed E-state index contributed by atoms with van der Waals surface area (Å²) in [6.07, 6.45) is 0. The van der Waals surface area contributed by atoms with E-state index in [1.807, 2.05) is 36.4 Å². The van der Waals surface area contributed by atoms with Crippen molar-refractivity contribution in [2.75, 3.05) is 6.61 Å². The quantitative estimate of drug-likeness (QED) is 0.473. The van der Waals surface area contributed by atoms with Crippen LogP contribution >= 0.6 is 0 Å². The molecule has 0 aromatic heterocycles. The first-order chi connectivity index (χ1) is 12.7. The van der Waals surface area contributed by atoms with Crippen LogP contribution in [0.1, 0.15) is 26.3 Å². The van der Waals surface area contributed by atoms with Crippen molar-refractivity contribution in [3.63, 3.8) is 0 Å². The van der Waals surface area contributed by atoms with E-state index in [2.05, 4.69) is 0 Å². The Hall–Kier alpha value is -3.40. The Morgan fingerprint density at radius 2 is 1.38 bits per heavy atom. The van der Waals surface area contributed by atoms with E-state index in [1.54, 1.807) is 48.5 Å². The lowest BCUT2D eigenvalue weighted by atomic mass is 10.1. The van der Waals surface area contributed by atoms with E-state index in [9.17, 15) is 9.59 Å². The van der Waals surface area contributed by atoms with Gasteiger partial charge in [0.05, 0.1) is 5.56 Å². The molecule has 0 aliphatic carbocycles. The third-order valence-corrected chi connectivity index (χ3v) is 3.75. The molecule has 0 aliphatic heterocycles. The van der Waals surface area contributed by atoms with Gasteiger partial charge in [0.1, 0.15) is 12.4 Å². The molecular weight excluding hydrogens is 328 g/mol. The van der Waals surface area contributed by atoms with Crippen LogP contribution in [0.3, 0.4) is 0 Å². The first kappa shape index (κ1) is 17.4. The summed E-state index contributed by atoms with van der Waals surface area (Å²) in [5.41, 5.74) is 1.89. The number of ether oxygens (including phenoxy) is 2. The standard InChI is InChI=1S/C22H18O4/c23-21(18-10-5-2-6-11-18)16-26-22(24)19-12-7-13-20(14-19)25-15-17-8-3-1-4-9-17/h1-14H,15-16H2. The van der Waals surface area contributed by atoms with Crippen LogP contribution in [0.2, 0.25) is 0 Å². The topological polar surface area (TPSA) is 52.6 Å². The fourth-order valence-corrected chi connectivity index (χ4v) is 2.38. The van der Waals surface area contributed by atoms with Crippen LogP contribution in [0.25, 0.3) is 0 Å². The molecule has 3 aromatic rings. The molecule has 0 saturated heterocycles. The van der Waals surface area contributed by atoms with Gasteiger partial charge in [0.15, 0.2) is 12.4 Å². The third-order valence-electron chi connectivity index (χ3n) is 3.75. The van der Waals surface area contributed by atoms with Gasteiger partial charge in [0.25, 0.3) is 0 Å². The molecule has 0 radical (unpaired) electrons. The van der Waals surface area contributed by atoms with Crippen molar-refractivity contribution in [2.45, 2.75) is 6.61 Å². The minimum atomic E-state index is -0.556. The Balaban J connectivity index is 1.57. The molecule has 0 heterocycles. The molecule has 3 aromatic carbocycles. The highest BCUT2D eigenvalue weighted by Crippen LogP contribution is 2.16. The minimum absolute atomic E-state index is 0.240. The normalized spacial score (nSPS) is 10.2. The van der Waals surface area contributed by atoms with Gasteiger partial charge in [-0.3, -0.25) is 4.79 Å². The Kier molecular flexibility index (Phi) is 5.78. The molecular formula is C22H18O4. The lowest BCUT2D eigenvalue weighted by molar-refractivity contribution is 0.0474. The molecule has 26 heavy (non-hydrogen) atoms. The number of carbonyl (C=O) groups excluding carboxylic acids is 2. The molecule has 3 rings (SSSR count). The second-order valence-corrected chi connectivity index (χ2v) is 5.67. The summed E-state index contributed by atoms with van der Waals surface area (Å²) in [6.45, 7) is 0.115. The van der Waals surface area contributed by atoms with Gasteiger partial charge in [-0.25, -0.2) is 4.79 Å². The summed E-state index contributed by atoms with van der Waals surface area (Å²) in [5, 5.41) is 0. The predicted octanol–water partition coefficient (Wildman–Crippen LogP) is 4.31. The number of benzene rings is 3. The van der Waals surface area contributed by atoms with Gasteiger partial charge >= 0.3 is 5.97 Å². The van der Waals surface area contributed by atoms with E-state index in [-0.39, 0.29) is 12.4 Å². The predicted molar refractivity (Wildman–Crippen MR) is 98.3 cm³/mol. The first-order valence-corrected chi connectivity index (χ1v) is 8.24. The molecule has 0 atom stereocenters. The smallest absolute Gasteiger partial charge is 0.338 e. The Morgan fingerprint density at radius 3 is 2.12 bits per heavy atom. The Labute approximate surface area is 152 Å². The molecule has 0 N–H and O–H groups in total. The molecule has 0 unspecified atom stereocenters. The average molecular weight is 346 g/mol. The molecule has 0 aliphatic rings. The zero-order valence-electron chi connectivity index (χ0n) is 14.1.